The lowest BCUT2D eigenvalue weighted by atomic mass is 10.1. The number of aryl methyl sites for hydroxylation is 2. The molecule has 1 saturated carbocycles. The van der Waals surface area contributed by atoms with E-state index in [4.69, 9.17) is 5.73 Å². The second kappa shape index (κ2) is 4.19. The summed E-state index contributed by atoms with van der Waals surface area (Å²) < 4.78 is 28.6. The van der Waals surface area contributed by atoms with Crippen molar-refractivity contribution < 1.29 is 8.42 Å². The molecule has 1 aliphatic rings. The average molecular weight is 255 g/mol. The molecule has 0 radical (unpaired) electrons. The Morgan fingerprint density at radius 1 is 1.24 bits per heavy atom. The molecule has 0 aliphatic heterocycles. The minimum atomic E-state index is -3.46. The minimum Gasteiger partial charge on any atom is -0.399 e. The molecule has 0 amide bonds. The summed E-state index contributed by atoms with van der Waals surface area (Å²) in [6.45, 7) is 3.67. The minimum absolute atomic E-state index is 0.0997. The fraction of sp³-hybridized carbons (Fsp3) is 0.455. The van der Waals surface area contributed by atoms with Gasteiger partial charge in [-0.1, -0.05) is 0 Å². The molecule has 1 aliphatic carbocycles. The monoisotopic (exact) mass is 255 g/mol. The Labute approximate surface area is 102 Å². The molecule has 2 rings (SSSR count). The van der Waals surface area contributed by atoms with Crippen molar-refractivity contribution in [2.75, 3.05) is 10.5 Å². The van der Waals surface area contributed by atoms with Crippen molar-refractivity contribution in [1.29, 1.82) is 0 Å². The Morgan fingerprint density at radius 2 is 1.88 bits per heavy atom. The molecule has 94 valence electrons. The van der Waals surface area contributed by atoms with E-state index in [1.807, 2.05) is 13.8 Å². The van der Waals surface area contributed by atoms with Crippen LogP contribution in [-0.2, 0) is 10.2 Å². The van der Waals surface area contributed by atoms with Gasteiger partial charge in [0.15, 0.2) is 0 Å². The van der Waals surface area contributed by atoms with Gasteiger partial charge in [-0.15, -0.1) is 0 Å². The zero-order chi connectivity index (χ0) is 12.6. The summed E-state index contributed by atoms with van der Waals surface area (Å²) in [7, 11) is -3.46. The first-order chi connectivity index (χ1) is 7.87. The van der Waals surface area contributed by atoms with Crippen molar-refractivity contribution in [3.8, 4) is 0 Å². The molecule has 1 aromatic carbocycles. The van der Waals surface area contributed by atoms with Gasteiger partial charge in [-0.25, -0.2) is 0 Å². The van der Waals surface area contributed by atoms with Gasteiger partial charge in [-0.05, 0) is 49.9 Å². The average Bonchev–Trinajstić information content (AvgIpc) is 2.96. The molecular weight excluding hydrogens is 238 g/mol. The van der Waals surface area contributed by atoms with E-state index < -0.39 is 10.2 Å². The maximum Gasteiger partial charge on any atom is 0.299 e. The van der Waals surface area contributed by atoms with Crippen LogP contribution in [0.1, 0.15) is 24.0 Å². The molecule has 17 heavy (non-hydrogen) atoms. The molecule has 0 atom stereocenters. The third-order valence-corrected chi connectivity index (χ3v) is 3.89. The smallest absolute Gasteiger partial charge is 0.299 e. The Balaban J connectivity index is 2.20. The van der Waals surface area contributed by atoms with Gasteiger partial charge in [0.25, 0.3) is 10.2 Å². The summed E-state index contributed by atoms with van der Waals surface area (Å²) in [6, 6.07) is 3.61. The van der Waals surface area contributed by atoms with E-state index in [0.717, 1.165) is 24.0 Å². The van der Waals surface area contributed by atoms with Gasteiger partial charge >= 0.3 is 0 Å². The van der Waals surface area contributed by atoms with Crippen molar-refractivity contribution in [1.82, 2.24) is 4.72 Å². The number of rotatable bonds is 4. The molecule has 0 saturated heterocycles. The summed E-state index contributed by atoms with van der Waals surface area (Å²) in [6.07, 6.45) is 1.83. The lowest BCUT2D eigenvalue weighted by Crippen LogP contribution is -2.32. The molecule has 1 aromatic rings. The van der Waals surface area contributed by atoms with Crippen LogP contribution in [0.4, 0.5) is 11.4 Å². The van der Waals surface area contributed by atoms with Gasteiger partial charge < -0.3 is 5.73 Å². The first-order valence-electron chi connectivity index (χ1n) is 5.54. The number of nitrogens with one attached hydrogen (secondary N) is 2. The van der Waals surface area contributed by atoms with Crippen LogP contribution >= 0.6 is 0 Å². The van der Waals surface area contributed by atoms with E-state index in [0.29, 0.717) is 11.4 Å². The largest absolute Gasteiger partial charge is 0.399 e. The zero-order valence-electron chi connectivity index (χ0n) is 9.95. The number of nitrogens with two attached hydrogens (primary N) is 1. The van der Waals surface area contributed by atoms with Gasteiger partial charge in [0.2, 0.25) is 0 Å². The van der Waals surface area contributed by atoms with E-state index in [-0.39, 0.29) is 6.04 Å². The van der Waals surface area contributed by atoms with E-state index in [1.165, 1.54) is 0 Å². The molecule has 6 heteroatoms. The van der Waals surface area contributed by atoms with Crippen molar-refractivity contribution in [3.63, 3.8) is 0 Å². The summed E-state index contributed by atoms with van der Waals surface area (Å²) in [4.78, 5) is 0. The second-order valence-corrected chi connectivity index (χ2v) is 5.97. The summed E-state index contributed by atoms with van der Waals surface area (Å²) in [5, 5.41) is 0. The normalized spacial score (nSPS) is 15.9. The quantitative estimate of drug-likeness (QED) is 0.709. The topological polar surface area (TPSA) is 84.2 Å². The van der Waals surface area contributed by atoms with Crippen molar-refractivity contribution in [2.45, 2.75) is 32.7 Å². The van der Waals surface area contributed by atoms with Gasteiger partial charge in [0, 0.05) is 11.7 Å². The molecule has 0 bridgehead atoms. The Hall–Kier alpha value is -1.27. The first-order valence-corrected chi connectivity index (χ1v) is 7.02. The third-order valence-electron chi connectivity index (χ3n) is 2.76. The highest BCUT2D eigenvalue weighted by Crippen LogP contribution is 2.24. The third kappa shape index (κ3) is 3.10. The van der Waals surface area contributed by atoms with Crippen LogP contribution in [0, 0.1) is 13.8 Å². The van der Waals surface area contributed by atoms with Gasteiger partial charge in [-0.2, -0.15) is 13.1 Å². The van der Waals surface area contributed by atoms with Crippen LogP contribution in [0.15, 0.2) is 12.1 Å². The first kappa shape index (κ1) is 12.2. The second-order valence-electron chi connectivity index (χ2n) is 4.52. The lowest BCUT2D eigenvalue weighted by Gasteiger charge is -2.13. The van der Waals surface area contributed by atoms with Crippen LogP contribution in [0.3, 0.4) is 0 Å². The predicted molar refractivity (Wildman–Crippen MR) is 69.0 cm³/mol. The molecule has 0 heterocycles. The fourth-order valence-electron chi connectivity index (χ4n) is 1.54. The van der Waals surface area contributed by atoms with E-state index in [9.17, 15) is 8.42 Å². The molecule has 4 N–H and O–H groups in total. The molecule has 5 nitrogen and oxygen atoms in total. The lowest BCUT2D eigenvalue weighted by molar-refractivity contribution is 0.586. The standard InChI is InChI=1S/C11H17N3O2S/c1-7-6-11(8(2)5-10(7)12)14-17(15,16)13-9-3-4-9/h5-6,9,13-14H,3-4,12H2,1-2H3. The van der Waals surface area contributed by atoms with Crippen LogP contribution in [0.25, 0.3) is 0 Å². The fourth-order valence-corrected chi connectivity index (χ4v) is 2.79. The highest BCUT2D eigenvalue weighted by atomic mass is 32.2. The highest BCUT2D eigenvalue weighted by Gasteiger charge is 2.27. The number of anilines is 2. The van der Waals surface area contributed by atoms with Crippen molar-refractivity contribution >= 4 is 21.6 Å². The van der Waals surface area contributed by atoms with Gasteiger partial charge in [0.05, 0.1) is 5.69 Å². The Bertz CT molecular complexity index is 536. The molecule has 0 spiro atoms. The maximum absolute atomic E-state index is 11.7. The van der Waals surface area contributed by atoms with Gasteiger partial charge in [0.1, 0.15) is 0 Å². The highest BCUT2D eigenvalue weighted by molar-refractivity contribution is 7.90. The summed E-state index contributed by atoms with van der Waals surface area (Å²) in [5.41, 5.74) is 8.67. The maximum atomic E-state index is 11.7. The van der Waals surface area contributed by atoms with Crippen LogP contribution in [-0.4, -0.2) is 14.5 Å². The summed E-state index contributed by atoms with van der Waals surface area (Å²) in [5.74, 6) is 0. The van der Waals surface area contributed by atoms with E-state index in [2.05, 4.69) is 9.44 Å². The van der Waals surface area contributed by atoms with Crippen LogP contribution < -0.4 is 15.2 Å². The van der Waals surface area contributed by atoms with Crippen molar-refractivity contribution in [3.05, 3.63) is 23.3 Å². The predicted octanol–water partition coefficient (Wildman–Crippen LogP) is 1.29. The molecule has 0 unspecified atom stereocenters. The zero-order valence-corrected chi connectivity index (χ0v) is 10.8. The Kier molecular flexibility index (Phi) is 3.01. The van der Waals surface area contributed by atoms with E-state index in [1.54, 1.807) is 12.1 Å². The summed E-state index contributed by atoms with van der Waals surface area (Å²) >= 11 is 0. The Morgan fingerprint density at radius 3 is 2.47 bits per heavy atom. The van der Waals surface area contributed by atoms with Crippen LogP contribution in [0.2, 0.25) is 0 Å². The molecule has 1 fully saturated rings. The van der Waals surface area contributed by atoms with E-state index >= 15 is 0 Å². The number of hydrogen-bond donors (Lipinski definition) is 3. The van der Waals surface area contributed by atoms with Crippen molar-refractivity contribution in [2.24, 2.45) is 0 Å². The van der Waals surface area contributed by atoms with Crippen LogP contribution in [0.5, 0.6) is 0 Å². The SMILES string of the molecule is Cc1cc(NS(=O)(=O)NC2CC2)c(C)cc1N. The number of hydrogen-bond acceptors (Lipinski definition) is 3. The molecule has 0 aromatic heterocycles. The van der Waals surface area contributed by atoms with Gasteiger partial charge in [-0.3, -0.25) is 4.72 Å². The number of benzene rings is 1. The molecular formula is C11H17N3O2S. The number of nitrogen functional groups attached to an aromatic ring is 1.